The van der Waals surface area contributed by atoms with Crippen molar-refractivity contribution in [3.05, 3.63) is 11.9 Å². The average Bonchev–Trinajstić information content (AvgIpc) is 2.54. The molecule has 0 aromatic carbocycles. The van der Waals surface area contributed by atoms with Crippen molar-refractivity contribution >= 4 is 17.7 Å². The van der Waals surface area contributed by atoms with Gasteiger partial charge in [-0.15, -0.1) is 0 Å². The molecule has 0 fully saturated rings. The van der Waals surface area contributed by atoms with Gasteiger partial charge < -0.3 is 20.9 Å². The molecule has 0 bridgehead atoms. The molecule has 1 aromatic rings. The second-order valence-electron chi connectivity index (χ2n) is 5.43. The lowest BCUT2D eigenvalue weighted by molar-refractivity contribution is -0.139. The number of aryl methyl sites for hydroxylation is 1. The number of hydrogen-bond acceptors (Lipinski definition) is 5. The Balaban J connectivity index is 2.70. The highest BCUT2D eigenvalue weighted by atomic mass is 16.6. The Morgan fingerprint density at radius 2 is 2.15 bits per heavy atom. The Labute approximate surface area is 116 Å². The van der Waals surface area contributed by atoms with E-state index in [1.807, 2.05) is 0 Å². The van der Waals surface area contributed by atoms with Crippen LogP contribution in [0.3, 0.4) is 0 Å². The first-order chi connectivity index (χ1) is 9.08. The molecule has 8 heteroatoms. The first-order valence-electron chi connectivity index (χ1n) is 6.10. The van der Waals surface area contributed by atoms with Gasteiger partial charge in [0.1, 0.15) is 11.6 Å². The molecule has 0 saturated carbocycles. The number of carbonyl (C=O) groups is 2. The lowest BCUT2D eigenvalue weighted by Crippen LogP contribution is -2.45. The molecule has 1 heterocycles. The van der Waals surface area contributed by atoms with Crippen LogP contribution < -0.4 is 11.1 Å². The van der Waals surface area contributed by atoms with Gasteiger partial charge in [0, 0.05) is 6.20 Å². The van der Waals surface area contributed by atoms with Gasteiger partial charge in [-0.1, -0.05) is 0 Å². The Hall–Kier alpha value is -2.25. The molecule has 0 aliphatic heterocycles. The van der Waals surface area contributed by atoms with Crippen LogP contribution in [0.5, 0.6) is 0 Å². The van der Waals surface area contributed by atoms with Crippen molar-refractivity contribution in [3.63, 3.8) is 0 Å². The van der Waals surface area contributed by atoms with E-state index in [-0.39, 0.29) is 6.54 Å². The molecule has 4 N–H and O–H groups in total. The summed E-state index contributed by atoms with van der Waals surface area (Å²) in [6.07, 6.45) is 0.726. The monoisotopic (exact) mass is 284 g/mol. The first-order valence-corrected chi connectivity index (χ1v) is 6.10. The second kappa shape index (κ2) is 5.81. The maximum absolute atomic E-state index is 11.6. The zero-order valence-electron chi connectivity index (χ0n) is 12.0. The number of aliphatic carboxylic acids is 1. The number of amides is 1. The van der Waals surface area contributed by atoms with Gasteiger partial charge in [0.05, 0.1) is 17.9 Å². The number of anilines is 1. The summed E-state index contributed by atoms with van der Waals surface area (Å²) < 4.78 is 6.39. The number of nitrogen functional groups attached to an aromatic ring is 1. The number of ether oxygens (including phenoxy) is 1. The quantitative estimate of drug-likeness (QED) is 0.750. The third kappa shape index (κ3) is 4.79. The van der Waals surface area contributed by atoms with E-state index in [1.54, 1.807) is 27.7 Å². The SMILES string of the molecule is Cc1nn(CC(NC(=O)OC(C)(C)C)C(=O)O)cc1N. The second-order valence-corrected chi connectivity index (χ2v) is 5.43. The van der Waals surface area contributed by atoms with E-state index in [0.717, 1.165) is 0 Å². The van der Waals surface area contributed by atoms with Crippen LogP contribution in [0.1, 0.15) is 26.5 Å². The number of carboxylic acids is 1. The van der Waals surface area contributed by atoms with Crippen molar-refractivity contribution in [1.29, 1.82) is 0 Å². The van der Waals surface area contributed by atoms with Crippen LogP contribution in [0.4, 0.5) is 10.5 Å². The maximum atomic E-state index is 11.6. The van der Waals surface area contributed by atoms with E-state index in [0.29, 0.717) is 11.4 Å². The predicted molar refractivity (Wildman–Crippen MR) is 72.2 cm³/mol. The minimum absolute atomic E-state index is 0.0351. The Morgan fingerprint density at radius 1 is 1.55 bits per heavy atom. The Bertz CT molecular complexity index is 485. The van der Waals surface area contributed by atoms with Gasteiger partial charge in [-0.05, 0) is 27.7 Å². The molecule has 0 aliphatic carbocycles. The van der Waals surface area contributed by atoms with Gasteiger partial charge in [0.25, 0.3) is 0 Å². The van der Waals surface area contributed by atoms with Crippen LogP contribution in [0.25, 0.3) is 0 Å². The van der Waals surface area contributed by atoms with Crippen LogP contribution in [0.15, 0.2) is 6.20 Å². The normalized spacial score (nSPS) is 12.8. The van der Waals surface area contributed by atoms with E-state index >= 15 is 0 Å². The molecule has 0 spiro atoms. The first kappa shape index (κ1) is 15.8. The van der Waals surface area contributed by atoms with E-state index in [2.05, 4.69) is 10.4 Å². The van der Waals surface area contributed by atoms with Gasteiger partial charge in [0.2, 0.25) is 0 Å². The van der Waals surface area contributed by atoms with Crippen molar-refractivity contribution in [1.82, 2.24) is 15.1 Å². The highest BCUT2D eigenvalue weighted by Crippen LogP contribution is 2.09. The van der Waals surface area contributed by atoms with Crippen molar-refractivity contribution in [2.45, 2.75) is 45.9 Å². The van der Waals surface area contributed by atoms with Gasteiger partial charge in [0.15, 0.2) is 0 Å². The number of rotatable bonds is 4. The van der Waals surface area contributed by atoms with Gasteiger partial charge >= 0.3 is 12.1 Å². The molecule has 0 saturated heterocycles. The van der Waals surface area contributed by atoms with Crippen LogP contribution in [0.2, 0.25) is 0 Å². The lowest BCUT2D eigenvalue weighted by atomic mass is 10.2. The molecular weight excluding hydrogens is 264 g/mol. The number of hydrogen-bond donors (Lipinski definition) is 3. The molecule has 1 unspecified atom stereocenters. The number of aromatic nitrogens is 2. The average molecular weight is 284 g/mol. The molecule has 1 atom stereocenters. The van der Waals surface area contributed by atoms with E-state index in [4.69, 9.17) is 15.6 Å². The van der Waals surface area contributed by atoms with Crippen molar-refractivity contribution in [3.8, 4) is 0 Å². The summed E-state index contributed by atoms with van der Waals surface area (Å²) in [4.78, 5) is 22.7. The van der Waals surface area contributed by atoms with Crippen LogP contribution >= 0.6 is 0 Å². The number of nitrogens with one attached hydrogen (secondary N) is 1. The van der Waals surface area contributed by atoms with E-state index in [1.165, 1.54) is 10.9 Å². The molecule has 0 radical (unpaired) electrons. The zero-order chi connectivity index (χ0) is 15.5. The van der Waals surface area contributed by atoms with Crippen molar-refractivity contribution in [2.75, 3.05) is 5.73 Å². The molecule has 1 aromatic heterocycles. The Morgan fingerprint density at radius 3 is 2.55 bits per heavy atom. The van der Waals surface area contributed by atoms with Crippen LogP contribution in [-0.4, -0.2) is 38.6 Å². The smallest absolute Gasteiger partial charge is 0.408 e. The van der Waals surface area contributed by atoms with E-state index < -0.39 is 23.7 Å². The molecular formula is C12H20N4O4. The highest BCUT2D eigenvalue weighted by molar-refractivity contribution is 5.79. The number of carboxylic acid groups (broad SMARTS) is 1. The van der Waals surface area contributed by atoms with Gasteiger partial charge in [-0.25, -0.2) is 9.59 Å². The largest absolute Gasteiger partial charge is 0.480 e. The van der Waals surface area contributed by atoms with Crippen LogP contribution in [-0.2, 0) is 16.1 Å². The van der Waals surface area contributed by atoms with Crippen molar-refractivity contribution in [2.24, 2.45) is 0 Å². The molecule has 8 nitrogen and oxygen atoms in total. The molecule has 20 heavy (non-hydrogen) atoms. The summed E-state index contributed by atoms with van der Waals surface area (Å²) in [6.45, 7) is 6.76. The fourth-order valence-corrected chi connectivity index (χ4v) is 1.45. The summed E-state index contributed by atoms with van der Waals surface area (Å²) in [5.74, 6) is -1.18. The van der Waals surface area contributed by atoms with Gasteiger partial charge in [-0.3, -0.25) is 4.68 Å². The molecule has 0 aliphatic rings. The number of carbonyl (C=O) groups excluding carboxylic acids is 1. The minimum Gasteiger partial charge on any atom is -0.480 e. The van der Waals surface area contributed by atoms with E-state index in [9.17, 15) is 9.59 Å². The summed E-state index contributed by atoms with van der Waals surface area (Å²) in [6, 6.07) is -1.15. The summed E-state index contributed by atoms with van der Waals surface area (Å²) in [7, 11) is 0. The van der Waals surface area contributed by atoms with Crippen LogP contribution in [0, 0.1) is 6.92 Å². The summed E-state index contributed by atoms with van der Waals surface area (Å²) >= 11 is 0. The van der Waals surface area contributed by atoms with Crippen molar-refractivity contribution < 1.29 is 19.4 Å². The summed E-state index contributed by atoms with van der Waals surface area (Å²) in [5, 5.41) is 15.5. The fourth-order valence-electron chi connectivity index (χ4n) is 1.45. The fraction of sp³-hybridized carbons (Fsp3) is 0.583. The zero-order valence-corrected chi connectivity index (χ0v) is 12.0. The molecule has 112 valence electrons. The lowest BCUT2D eigenvalue weighted by Gasteiger charge is -2.21. The third-order valence-corrected chi connectivity index (χ3v) is 2.34. The van der Waals surface area contributed by atoms with Gasteiger partial charge in [-0.2, -0.15) is 5.10 Å². The maximum Gasteiger partial charge on any atom is 0.408 e. The number of nitrogens with two attached hydrogens (primary N) is 1. The Kier molecular flexibility index (Phi) is 4.59. The number of alkyl carbamates (subject to hydrolysis) is 1. The molecule has 1 rings (SSSR count). The highest BCUT2D eigenvalue weighted by Gasteiger charge is 2.24. The minimum atomic E-state index is -1.18. The summed E-state index contributed by atoms with van der Waals surface area (Å²) in [5.41, 5.74) is 6.01. The standard InChI is InChI=1S/C12H20N4O4/c1-7-8(13)5-16(15-7)6-9(10(17)18)14-11(19)20-12(2,3)4/h5,9H,6,13H2,1-4H3,(H,14,19)(H,17,18). The third-order valence-electron chi connectivity index (χ3n) is 2.34. The number of nitrogens with zero attached hydrogens (tertiary/aromatic N) is 2. The topological polar surface area (TPSA) is 119 Å². The molecule has 1 amide bonds. The predicted octanol–water partition coefficient (Wildman–Crippen LogP) is 0.752.